The van der Waals surface area contributed by atoms with Gasteiger partial charge in [-0.05, 0) is 19.8 Å². The van der Waals surface area contributed by atoms with Crippen LogP contribution in [-0.2, 0) is 9.59 Å². The van der Waals surface area contributed by atoms with Crippen LogP contribution in [0.1, 0.15) is 48.5 Å². The quantitative estimate of drug-likeness (QED) is 0.700. The van der Waals surface area contributed by atoms with Crippen LogP contribution in [0.3, 0.4) is 0 Å². The summed E-state index contributed by atoms with van der Waals surface area (Å²) in [5.74, 6) is -0.434. The van der Waals surface area contributed by atoms with E-state index in [2.05, 4.69) is 10.6 Å². The molecule has 5 nitrogen and oxygen atoms in total. The predicted octanol–water partition coefficient (Wildman–Crippen LogP) is 1.06. The molecule has 0 heterocycles. The van der Waals surface area contributed by atoms with Crippen LogP contribution >= 0.6 is 0 Å². The van der Waals surface area contributed by atoms with Gasteiger partial charge in [-0.25, -0.2) is 0 Å². The molecular weight excluding hydrogens is 244 g/mol. The van der Waals surface area contributed by atoms with Crippen LogP contribution in [0.5, 0.6) is 0 Å². The van der Waals surface area contributed by atoms with Gasteiger partial charge < -0.3 is 15.7 Å². The van der Waals surface area contributed by atoms with Crippen LogP contribution in [0.4, 0.5) is 0 Å². The van der Waals surface area contributed by atoms with E-state index in [0.717, 1.165) is 0 Å². The van der Waals surface area contributed by atoms with Crippen molar-refractivity contribution in [1.82, 2.24) is 10.6 Å². The lowest BCUT2D eigenvalue weighted by Gasteiger charge is -2.29. The fraction of sp³-hybridized carbons (Fsp3) is 0.857. The summed E-state index contributed by atoms with van der Waals surface area (Å²) in [7, 11) is 0. The fourth-order valence-corrected chi connectivity index (χ4v) is 1.10. The van der Waals surface area contributed by atoms with Crippen LogP contribution in [0.15, 0.2) is 0 Å². The van der Waals surface area contributed by atoms with E-state index in [9.17, 15) is 14.7 Å². The summed E-state index contributed by atoms with van der Waals surface area (Å²) in [4.78, 5) is 23.6. The molecular formula is C14H28N2O3. The van der Waals surface area contributed by atoms with Crippen molar-refractivity contribution in [2.75, 3.05) is 6.54 Å². The van der Waals surface area contributed by atoms with Crippen molar-refractivity contribution in [2.24, 2.45) is 11.3 Å². The van der Waals surface area contributed by atoms with Gasteiger partial charge in [0, 0.05) is 12.0 Å². The van der Waals surface area contributed by atoms with Crippen molar-refractivity contribution in [3.63, 3.8) is 0 Å². The molecule has 3 N–H and O–H groups in total. The summed E-state index contributed by atoms with van der Waals surface area (Å²) in [6, 6.07) is -0.616. The highest BCUT2D eigenvalue weighted by Gasteiger charge is 2.28. The van der Waals surface area contributed by atoms with Crippen molar-refractivity contribution in [3.8, 4) is 0 Å². The molecule has 0 aromatic rings. The number of aliphatic hydroxyl groups is 1. The van der Waals surface area contributed by atoms with Crippen molar-refractivity contribution < 1.29 is 14.7 Å². The molecule has 0 bridgehead atoms. The Balaban J connectivity index is 4.34. The minimum atomic E-state index is -0.955. The molecule has 19 heavy (non-hydrogen) atoms. The summed E-state index contributed by atoms with van der Waals surface area (Å²) in [5.41, 5.74) is -1.48. The van der Waals surface area contributed by atoms with E-state index in [1.54, 1.807) is 34.6 Å². The number of carbonyl (C=O) groups excluding carboxylic acids is 2. The molecule has 0 spiro atoms. The zero-order chi connectivity index (χ0) is 15.4. The molecule has 0 saturated heterocycles. The summed E-state index contributed by atoms with van der Waals surface area (Å²) in [5, 5.41) is 15.3. The average Bonchev–Trinajstić information content (AvgIpc) is 2.24. The zero-order valence-electron chi connectivity index (χ0n) is 13.1. The third-order valence-corrected chi connectivity index (χ3v) is 3.29. The van der Waals surface area contributed by atoms with E-state index in [1.165, 1.54) is 0 Å². The van der Waals surface area contributed by atoms with Crippen molar-refractivity contribution in [3.05, 3.63) is 0 Å². The van der Waals surface area contributed by atoms with Gasteiger partial charge in [0.1, 0.15) is 6.04 Å². The maximum Gasteiger partial charge on any atom is 0.242 e. The number of carbonyl (C=O) groups is 2. The molecule has 0 rings (SSSR count). The molecule has 0 fully saturated rings. The van der Waals surface area contributed by atoms with E-state index >= 15 is 0 Å². The summed E-state index contributed by atoms with van der Waals surface area (Å²) in [6.45, 7) is 12.6. The Morgan fingerprint density at radius 2 is 1.58 bits per heavy atom. The molecule has 0 aliphatic carbocycles. The molecule has 0 aromatic carbocycles. The lowest BCUT2D eigenvalue weighted by molar-refractivity contribution is -0.133. The van der Waals surface area contributed by atoms with Gasteiger partial charge in [-0.3, -0.25) is 9.59 Å². The van der Waals surface area contributed by atoms with Gasteiger partial charge in [0.05, 0.1) is 5.60 Å². The molecule has 2 amide bonds. The molecule has 0 aliphatic rings. The molecule has 2 unspecified atom stereocenters. The normalized spacial score (nSPS) is 16.7. The Hall–Kier alpha value is -1.10. The topological polar surface area (TPSA) is 78.4 Å². The summed E-state index contributed by atoms with van der Waals surface area (Å²) in [6.07, 6.45) is 0. The highest BCUT2D eigenvalue weighted by atomic mass is 16.3. The number of amides is 2. The minimum absolute atomic E-state index is 0.0345. The SMILES string of the molecule is CC(NC(=O)C(C)(C)C)C(=O)NCC(C)(O)C(C)C. The van der Waals surface area contributed by atoms with E-state index in [0.29, 0.717) is 0 Å². The Bertz CT molecular complexity index is 330. The summed E-state index contributed by atoms with van der Waals surface area (Å²) < 4.78 is 0. The predicted molar refractivity (Wildman–Crippen MR) is 75.5 cm³/mol. The van der Waals surface area contributed by atoms with Gasteiger partial charge >= 0.3 is 0 Å². The zero-order valence-corrected chi connectivity index (χ0v) is 13.1. The molecule has 112 valence electrons. The first-order chi connectivity index (χ1) is 8.38. The third-order valence-electron chi connectivity index (χ3n) is 3.29. The van der Waals surface area contributed by atoms with E-state index < -0.39 is 17.1 Å². The standard InChI is InChI=1S/C14H28N2O3/c1-9(2)14(7,19)8-15-11(17)10(3)16-12(18)13(4,5)6/h9-10,19H,8H2,1-7H3,(H,15,17)(H,16,18). The lowest BCUT2D eigenvalue weighted by Crippen LogP contribution is -2.52. The van der Waals surface area contributed by atoms with Gasteiger partial charge in [0.15, 0.2) is 0 Å². The fourth-order valence-electron chi connectivity index (χ4n) is 1.10. The van der Waals surface area contributed by atoms with Gasteiger partial charge in [0.25, 0.3) is 0 Å². The first-order valence-corrected chi connectivity index (χ1v) is 6.69. The lowest BCUT2D eigenvalue weighted by atomic mass is 9.92. The summed E-state index contributed by atoms with van der Waals surface area (Å²) >= 11 is 0. The Labute approximate surface area is 116 Å². The first-order valence-electron chi connectivity index (χ1n) is 6.69. The molecule has 5 heteroatoms. The van der Waals surface area contributed by atoms with Gasteiger partial charge in [-0.1, -0.05) is 34.6 Å². The molecule has 0 aliphatic heterocycles. The van der Waals surface area contributed by atoms with Crippen molar-refractivity contribution in [1.29, 1.82) is 0 Å². The smallest absolute Gasteiger partial charge is 0.242 e. The maximum absolute atomic E-state index is 11.8. The van der Waals surface area contributed by atoms with Gasteiger partial charge in [-0.15, -0.1) is 0 Å². The number of nitrogens with one attached hydrogen (secondary N) is 2. The van der Waals surface area contributed by atoms with Crippen LogP contribution in [0.25, 0.3) is 0 Å². The number of rotatable bonds is 5. The van der Waals surface area contributed by atoms with Crippen LogP contribution in [0, 0.1) is 11.3 Å². The van der Waals surface area contributed by atoms with Gasteiger partial charge in [0.2, 0.25) is 11.8 Å². The Morgan fingerprint density at radius 1 is 1.11 bits per heavy atom. The first kappa shape index (κ1) is 17.9. The number of hydrogen-bond donors (Lipinski definition) is 3. The number of hydrogen-bond acceptors (Lipinski definition) is 3. The maximum atomic E-state index is 11.8. The van der Waals surface area contributed by atoms with Crippen molar-refractivity contribution in [2.45, 2.75) is 60.1 Å². The molecule has 0 saturated carbocycles. The second kappa shape index (κ2) is 6.37. The van der Waals surface area contributed by atoms with E-state index in [1.807, 2.05) is 13.8 Å². The third kappa shape index (κ3) is 6.05. The molecule has 0 radical (unpaired) electrons. The van der Waals surface area contributed by atoms with Crippen LogP contribution < -0.4 is 10.6 Å². The average molecular weight is 272 g/mol. The Morgan fingerprint density at radius 3 is 1.95 bits per heavy atom. The largest absolute Gasteiger partial charge is 0.388 e. The highest BCUT2D eigenvalue weighted by molar-refractivity contribution is 5.89. The second-order valence-corrected chi connectivity index (χ2v) is 6.67. The Kier molecular flexibility index (Phi) is 6.00. The van der Waals surface area contributed by atoms with Crippen LogP contribution in [0.2, 0.25) is 0 Å². The minimum Gasteiger partial charge on any atom is -0.388 e. The monoisotopic (exact) mass is 272 g/mol. The molecule has 0 aromatic heterocycles. The van der Waals surface area contributed by atoms with E-state index in [4.69, 9.17) is 0 Å². The van der Waals surface area contributed by atoms with Crippen LogP contribution in [-0.4, -0.2) is 35.1 Å². The molecule has 2 atom stereocenters. The van der Waals surface area contributed by atoms with E-state index in [-0.39, 0.29) is 24.3 Å². The van der Waals surface area contributed by atoms with Gasteiger partial charge in [-0.2, -0.15) is 0 Å². The van der Waals surface area contributed by atoms with Crippen molar-refractivity contribution >= 4 is 11.8 Å². The second-order valence-electron chi connectivity index (χ2n) is 6.67. The highest BCUT2D eigenvalue weighted by Crippen LogP contribution is 2.15.